The molecule has 0 radical (unpaired) electrons. The number of carbonyl (C=O) groups excluding carboxylic acids is 2. The second kappa shape index (κ2) is 9.21. The van der Waals surface area contributed by atoms with Gasteiger partial charge in [0.15, 0.2) is 0 Å². The fourth-order valence-electron chi connectivity index (χ4n) is 3.32. The molecule has 0 atom stereocenters. The first-order valence-electron chi connectivity index (χ1n) is 9.67. The van der Waals surface area contributed by atoms with Gasteiger partial charge in [-0.1, -0.05) is 43.7 Å². The Bertz CT molecular complexity index is 768. The van der Waals surface area contributed by atoms with E-state index in [9.17, 15) is 9.59 Å². The van der Waals surface area contributed by atoms with E-state index in [4.69, 9.17) is 0 Å². The zero-order valence-corrected chi connectivity index (χ0v) is 15.9. The topological polar surface area (TPSA) is 52.7 Å². The number of nitrogens with zero attached hydrogens (tertiary/aromatic N) is 2. The van der Waals surface area contributed by atoms with Crippen LogP contribution in [0.15, 0.2) is 54.6 Å². The number of amides is 2. The number of unbranched alkanes of at least 4 members (excludes halogenated alkanes) is 1. The molecular weight excluding hydrogens is 338 g/mol. The van der Waals surface area contributed by atoms with Crippen LogP contribution in [0.2, 0.25) is 0 Å². The molecule has 142 valence electrons. The minimum absolute atomic E-state index is 0.0576. The lowest BCUT2D eigenvalue weighted by atomic mass is 10.1. The zero-order valence-electron chi connectivity index (χ0n) is 15.9. The van der Waals surface area contributed by atoms with E-state index in [2.05, 4.69) is 17.1 Å². The van der Waals surface area contributed by atoms with Crippen LogP contribution < -0.4 is 10.2 Å². The first kappa shape index (κ1) is 19.0. The maximum absolute atomic E-state index is 12.6. The van der Waals surface area contributed by atoms with Gasteiger partial charge in [-0.2, -0.15) is 0 Å². The standard InChI is InChI=1S/C22H27N3O2/c1-2-3-13-21(26)23-19-11-7-8-12-20(19)24-14-16-25(17-15-24)22(27)18-9-5-4-6-10-18/h4-12H,2-3,13-17H2,1H3,(H,23,26). The molecule has 1 N–H and O–H groups in total. The Kier molecular flexibility index (Phi) is 6.47. The van der Waals surface area contributed by atoms with Crippen LogP contribution in [-0.4, -0.2) is 42.9 Å². The predicted molar refractivity (Wildman–Crippen MR) is 109 cm³/mol. The lowest BCUT2D eigenvalue weighted by molar-refractivity contribution is -0.116. The molecule has 2 aromatic carbocycles. The minimum Gasteiger partial charge on any atom is -0.366 e. The summed E-state index contributed by atoms with van der Waals surface area (Å²) in [6.07, 6.45) is 2.45. The molecule has 0 aliphatic carbocycles. The van der Waals surface area contributed by atoms with E-state index in [1.807, 2.05) is 59.5 Å². The van der Waals surface area contributed by atoms with Crippen molar-refractivity contribution >= 4 is 23.2 Å². The summed E-state index contributed by atoms with van der Waals surface area (Å²) >= 11 is 0. The van der Waals surface area contributed by atoms with E-state index in [1.54, 1.807) is 0 Å². The molecule has 0 aromatic heterocycles. The predicted octanol–water partition coefficient (Wildman–Crippen LogP) is 3.78. The van der Waals surface area contributed by atoms with Crippen LogP contribution in [0.1, 0.15) is 36.5 Å². The third-order valence-electron chi connectivity index (χ3n) is 4.86. The lowest BCUT2D eigenvalue weighted by Gasteiger charge is -2.37. The van der Waals surface area contributed by atoms with Gasteiger partial charge >= 0.3 is 0 Å². The quantitative estimate of drug-likeness (QED) is 0.848. The third kappa shape index (κ3) is 4.88. The number of rotatable bonds is 6. The fraction of sp³-hybridized carbons (Fsp3) is 0.364. The van der Waals surface area contributed by atoms with Gasteiger partial charge in [0.25, 0.3) is 5.91 Å². The summed E-state index contributed by atoms with van der Waals surface area (Å²) in [7, 11) is 0. The first-order chi connectivity index (χ1) is 13.2. The lowest BCUT2D eigenvalue weighted by Crippen LogP contribution is -2.49. The van der Waals surface area contributed by atoms with E-state index < -0.39 is 0 Å². The van der Waals surface area contributed by atoms with Crippen molar-refractivity contribution in [2.24, 2.45) is 0 Å². The molecule has 0 spiro atoms. The van der Waals surface area contributed by atoms with E-state index in [-0.39, 0.29) is 11.8 Å². The normalized spacial score (nSPS) is 14.1. The summed E-state index contributed by atoms with van der Waals surface area (Å²) < 4.78 is 0. The Morgan fingerprint density at radius 3 is 2.30 bits per heavy atom. The average Bonchev–Trinajstić information content (AvgIpc) is 2.73. The van der Waals surface area contributed by atoms with Gasteiger partial charge in [0.2, 0.25) is 5.91 Å². The second-order valence-electron chi connectivity index (χ2n) is 6.81. The molecule has 3 rings (SSSR count). The van der Waals surface area contributed by atoms with Gasteiger partial charge in [-0.25, -0.2) is 0 Å². The highest BCUT2D eigenvalue weighted by Gasteiger charge is 2.23. The summed E-state index contributed by atoms with van der Waals surface area (Å²) in [4.78, 5) is 28.9. The number of anilines is 2. The molecule has 2 aromatic rings. The van der Waals surface area contributed by atoms with E-state index in [0.717, 1.165) is 42.9 Å². The van der Waals surface area contributed by atoms with Crippen LogP contribution in [0, 0.1) is 0 Å². The van der Waals surface area contributed by atoms with Crippen molar-refractivity contribution < 1.29 is 9.59 Å². The van der Waals surface area contributed by atoms with Crippen molar-refractivity contribution in [3.05, 3.63) is 60.2 Å². The van der Waals surface area contributed by atoms with Crippen LogP contribution >= 0.6 is 0 Å². The number of benzene rings is 2. The van der Waals surface area contributed by atoms with Crippen molar-refractivity contribution in [3.8, 4) is 0 Å². The van der Waals surface area contributed by atoms with Gasteiger partial charge in [-0.15, -0.1) is 0 Å². The van der Waals surface area contributed by atoms with Crippen molar-refractivity contribution in [2.45, 2.75) is 26.2 Å². The van der Waals surface area contributed by atoms with Gasteiger partial charge in [-0.05, 0) is 30.7 Å². The summed E-state index contributed by atoms with van der Waals surface area (Å²) in [5.41, 5.74) is 2.60. The second-order valence-corrected chi connectivity index (χ2v) is 6.81. The number of hydrogen-bond donors (Lipinski definition) is 1. The van der Waals surface area contributed by atoms with E-state index in [0.29, 0.717) is 19.5 Å². The molecule has 0 saturated carbocycles. The van der Waals surface area contributed by atoms with Crippen LogP contribution in [0.4, 0.5) is 11.4 Å². The Labute approximate surface area is 161 Å². The first-order valence-corrected chi connectivity index (χ1v) is 9.67. The molecule has 27 heavy (non-hydrogen) atoms. The highest BCUT2D eigenvalue weighted by atomic mass is 16.2. The Morgan fingerprint density at radius 2 is 1.59 bits per heavy atom. The molecule has 0 unspecified atom stereocenters. The summed E-state index contributed by atoms with van der Waals surface area (Å²) in [5.74, 6) is 0.138. The average molecular weight is 365 g/mol. The fourth-order valence-corrected chi connectivity index (χ4v) is 3.32. The van der Waals surface area contributed by atoms with E-state index in [1.165, 1.54) is 0 Å². The monoisotopic (exact) mass is 365 g/mol. The van der Waals surface area contributed by atoms with Gasteiger partial charge in [0.1, 0.15) is 0 Å². The number of para-hydroxylation sites is 2. The minimum atomic E-state index is 0.0576. The number of piperazine rings is 1. The number of nitrogens with one attached hydrogen (secondary N) is 1. The molecule has 1 fully saturated rings. The van der Waals surface area contributed by atoms with Gasteiger partial charge in [0.05, 0.1) is 11.4 Å². The maximum atomic E-state index is 12.6. The molecule has 5 nitrogen and oxygen atoms in total. The SMILES string of the molecule is CCCCC(=O)Nc1ccccc1N1CCN(C(=O)c2ccccc2)CC1. The number of carbonyl (C=O) groups is 2. The molecule has 1 aliphatic heterocycles. The van der Waals surface area contributed by atoms with Crippen molar-refractivity contribution in [1.29, 1.82) is 0 Å². The van der Waals surface area contributed by atoms with Gasteiger partial charge in [0, 0.05) is 38.2 Å². The van der Waals surface area contributed by atoms with E-state index >= 15 is 0 Å². The van der Waals surface area contributed by atoms with Crippen molar-refractivity contribution in [1.82, 2.24) is 4.90 Å². The van der Waals surface area contributed by atoms with Crippen LogP contribution in [0.5, 0.6) is 0 Å². The molecule has 1 heterocycles. The van der Waals surface area contributed by atoms with Crippen molar-refractivity contribution in [3.63, 3.8) is 0 Å². The van der Waals surface area contributed by atoms with Crippen LogP contribution in [0.3, 0.4) is 0 Å². The maximum Gasteiger partial charge on any atom is 0.253 e. The molecule has 0 bridgehead atoms. The molecule has 5 heteroatoms. The van der Waals surface area contributed by atoms with Crippen LogP contribution in [0.25, 0.3) is 0 Å². The molecule has 2 amide bonds. The highest BCUT2D eigenvalue weighted by molar-refractivity contribution is 5.95. The summed E-state index contributed by atoms with van der Waals surface area (Å²) in [6.45, 7) is 4.93. The Morgan fingerprint density at radius 1 is 0.926 bits per heavy atom. The van der Waals surface area contributed by atoms with Gasteiger partial charge < -0.3 is 15.1 Å². The highest BCUT2D eigenvalue weighted by Crippen LogP contribution is 2.27. The van der Waals surface area contributed by atoms with Crippen LogP contribution in [-0.2, 0) is 4.79 Å². The molecule has 1 aliphatic rings. The zero-order chi connectivity index (χ0) is 19.1. The third-order valence-corrected chi connectivity index (χ3v) is 4.86. The van der Waals surface area contributed by atoms with Gasteiger partial charge in [-0.3, -0.25) is 9.59 Å². The Hall–Kier alpha value is -2.82. The smallest absolute Gasteiger partial charge is 0.253 e. The largest absolute Gasteiger partial charge is 0.366 e. The Balaban J connectivity index is 1.63. The number of hydrogen-bond acceptors (Lipinski definition) is 3. The summed E-state index contributed by atoms with van der Waals surface area (Å²) in [6, 6.07) is 17.3. The van der Waals surface area contributed by atoms with Crippen molar-refractivity contribution in [2.75, 3.05) is 36.4 Å². The molecular formula is C22H27N3O2. The summed E-state index contributed by atoms with van der Waals surface area (Å²) in [5, 5.41) is 3.04. The molecule has 1 saturated heterocycles.